The van der Waals surface area contributed by atoms with Gasteiger partial charge in [0.1, 0.15) is 0 Å². The highest BCUT2D eigenvalue weighted by Crippen LogP contribution is 2.26. The predicted molar refractivity (Wildman–Crippen MR) is 104 cm³/mol. The second kappa shape index (κ2) is 6.83. The molecule has 3 heterocycles. The van der Waals surface area contributed by atoms with Crippen LogP contribution in [0.4, 0.5) is 5.69 Å². The van der Waals surface area contributed by atoms with E-state index in [0.29, 0.717) is 43.2 Å². The van der Waals surface area contributed by atoms with Crippen molar-refractivity contribution < 1.29 is 13.2 Å². The summed E-state index contributed by atoms with van der Waals surface area (Å²) in [6.45, 7) is 2.51. The number of anilines is 1. The van der Waals surface area contributed by atoms with Gasteiger partial charge in [-0.1, -0.05) is 17.7 Å². The Kier molecular flexibility index (Phi) is 4.63. The molecule has 0 atom stereocenters. The zero-order valence-electron chi connectivity index (χ0n) is 15.1. The number of nitrogens with zero attached hydrogens (tertiary/aromatic N) is 4. The van der Waals surface area contributed by atoms with Crippen LogP contribution in [0, 0.1) is 0 Å². The number of amides is 1. The number of hydrogen-bond donors (Lipinski definition) is 0. The fourth-order valence-electron chi connectivity index (χ4n) is 3.77. The van der Waals surface area contributed by atoms with Gasteiger partial charge in [0, 0.05) is 61.6 Å². The molecule has 1 amide bonds. The fourth-order valence-corrected chi connectivity index (χ4v) is 5.35. The number of halogens is 1. The molecular weight excluding hydrogens is 388 g/mol. The highest BCUT2D eigenvalue weighted by molar-refractivity contribution is 7.90. The minimum absolute atomic E-state index is 0.0975. The Bertz CT molecular complexity index is 994. The smallest absolute Gasteiger partial charge is 0.274 e. The molecule has 0 aliphatic carbocycles. The van der Waals surface area contributed by atoms with E-state index in [1.54, 1.807) is 16.6 Å². The molecule has 1 saturated heterocycles. The van der Waals surface area contributed by atoms with E-state index in [-0.39, 0.29) is 23.1 Å². The van der Waals surface area contributed by atoms with Gasteiger partial charge in [-0.3, -0.25) is 9.48 Å². The minimum atomic E-state index is -3.16. The van der Waals surface area contributed by atoms with Crippen molar-refractivity contribution in [2.24, 2.45) is 7.05 Å². The van der Waals surface area contributed by atoms with Gasteiger partial charge in [0.05, 0.1) is 11.5 Å². The van der Waals surface area contributed by atoms with Gasteiger partial charge < -0.3 is 9.80 Å². The molecule has 1 aromatic heterocycles. The van der Waals surface area contributed by atoms with Crippen molar-refractivity contribution in [1.82, 2.24) is 14.7 Å². The molecule has 0 bridgehead atoms. The van der Waals surface area contributed by atoms with Crippen LogP contribution in [0.3, 0.4) is 0 Å². The quantitative estimate of drug-likeness (QED) is 0.752. The van der Waals surface area contributed by atoms with Crippen molar-refractivity contribution in [2.45, 2.75) is 12.2 Å². The summed E-state index contributed by atoms with van der Waals surface area (Å²) in [5, 5.41) is 5.04. The van der Waals surface area contributed by atoms with E-state index in [4.69, 9.17) is 11.6 Å². The summed E-state index contributed by atoms with van der Waals surface area (Å²) in [4.78, 5) is 17.0. The molecule has 9 heteroatoms. The average molecular weight is 409 g/mol. The van der Waals surface area contributed by atoms with Gasteiger partial charge in [-0.2, -0.15) is 5.10 Å². The molecule has 0 saturated carbocycles. The van der Waals surface area contributed by atoms with Crippen LogP contribution in [-0.2, 0) is 29.1 Å². The zero-order chi connectivity index (χ0) is 19.2. The number of rotatable bonds is 2. The van der Waals surface area contributed by atoms with Crippen LogP contribution >= 0.6 is 11.6 Å². The average Bonchev–Trinajstić information content (AvgIpc) is 2.96. The summed E-state index contributed by atoms with van der Waals surface area (Å²) in [5.41, 5.74) is 2.75. The minimum Gasteiger partial charge on any atom is -0.368 e. The number of benzene rings is 1. The van der Waals surface area contributed by atoms with Gasteiger partial charge in [-0.25, -0.2) is 8.42 Å². The lowest BCUT2D eigenvalue weighted by atomic mass is 10.1. The van der Waals surface area contributed by atoms with Gasteiger partial charge in [-0.15, -0.1) is 0 Å². The molecule has 27 heavy (non-hydrogen) atoms. The first-order valence-corrected chi connectivity index (χ1v) is 11.1. The third-order valence-corrected chi connectivity index (χ3v) is 7.02. The van der Waals surface area contributed by atoms with E-state index >= 15 is 0 Å². The maximum Gasteiger partial charge on any atom is 0.274 e. The van der Waals surface area contributed by atoms with Gasteiger partial charge >= 0.3 is 0 Å². The van der Waals surface area contributed by atoms with E-state index in [1.165, 1.54) is 0 Å². The monoisotopic (exact) mass is 408 g/mol. The molecule has 2 aromatic rings. The SMILES string of the molecule is Cn1nc(C(=O)N2CCN(c3cccc(Cl)c3)CC2)c2c1CCS(=O)(=O)C2. The van der Waals surface area contributed by atoms with E-state index in [2.05, 4.69) is 10.00 Å². The Morgan fingerprint density at radius 1 is 1.19 bits per heavy atom. The second-order valence-electron chi connectivity index (χ2n) is 7.00. The predicted octanol–water partition coefficient (Wildman–Crippen LogP) is 1.51. The summed E-state index contributed by atoms with van der Waals surface area (Å²) in [5.74, 6) is -0.166. The van der Waals surface area contributed by atoms with Gasteiger partial charge in [0.2, 0.25) is 0 Å². The zero-order valence-corrected chi connectivity index (χ0v) is 16.6. The van der Waals surface area contributed by atoms with Crippen LogP contribution in [-0.4, -0.2) is 60.9 Å². The third-order valence-electron chi connectivity index (χ3n) is 5.23. The number of sulfone groups is 1. The lowest BCUT2D eigenvalue weighted by molar-refractivity contribution is 0.0739. The van der Waals surface area contributed by atoms with Gasteiger partial charge in [-0.05, 0) is 18.2 Å². The number of carbonyl (C=O) groups excluding carboxylic acids is 1. The highest BCUT2D eigenvalue weighted by Gasteiger charge is 2.33. The maximum atomic E-state index is 13.0. The Morgan fingerprint density at radius 3 is 2.63 bits per heavy atom. The summed E-state index contributed by atoms with van der Waals surface area (Å²) < 4.78 is 25.7. The standard InChI is InChI=1S/C18H21ClN4O3S/c1-21-16-5-10-27(25,26)12-15(16)17(20-21)18(24)23-8-6-22(7-9-23)14-4-2-3-13(19)11-14/h2-4,11H,5-10,12H2,1H3. The normalized spacial score (nSPS) is 19.0. The number of piperazine rings is 1. The van der Waals surface area contributed by atoms with Crippen LogP contribution in [0.2, 0.25) is 5.02 Å². The number of aryl methyl sites for hydroxylation is 1. The Hall–Kier alpha value is -2.06. The summed E-state index contributed by atoms with van der Waals surface area (Å²) in [6.07, 6.45) is 0.414. The molecular formula is C18H21ClN4O3S. The lowest BCUT2D eigenvalue weighted by Gasteiger charge is -2.36. The molecule has 0 radical (unpaired) electrons. The third kappa shape index (κ3) is 3.55. The number of carbonyl (C=O) groups is 1. The molecule has 2 aliphatic heterocycles. The van der Waals surface area contributed by atoms with Crippen molar-refractivity contribution in [3.8, 4) is 0 Å². The van der Waals surface area contributed by atoms with Crippen molar-refractivity contribution in [3.63, 3.8) is 0 Å². The van der Waals surface area contributed by atoms with Crippen LogP contribution < -0.4 is 4.90 Å². The lowest BCUT2D eigenvalue weighted by Crippen LogP contribution is -2.49. The molecule has 0 unspecified atom stereocenters. The molecule has 0 N–H and O–H groups in total. The number of fused-ring (bicyclic) bond motifs is 1. The van der Waals surface area contributed by atoms with E-state index < -0.39 is 9.84 Å². The van der Waals surface area contributed by atoms with Crippen molar-refractivity contribution in [2.75, 3.05) is 36.8 Å². The first-order chi connectivity index (χ1) is 12.8. The van der Waals surface area contributed by atoms with Gasteiger partial charge in [0.25, 0.3) is 5.91 Å². The first-order valence-electron chi connectivity index (χ1n) is 8.89. The summed E-state index contributed by atoms with van der Waals surface area (Å²) in [7, 11) is -1.39. The van der Waals surface area contributed by atoms with Crippen LogP contribution in [0.1, 0.15) is 21.7 Å². The molecule has 2 aliphatic rings. The largest absolute Gasteiger partial charge is 0.368 e. The number of aromatic nitrogens is 2. The highest BCUT2D eigenvalue weighted by atomic mass is 35.5. The Balaban J connectivity index is 1.51. The first kappa shape index (κ1) is 18.3. The van der Waals surface area contributed by atoms with Crippen molar-refractivity contribution in [1.29, 1.82) is 0 Å². The van der Waals surface area contributed by atoms with Crippen molar-refractivity contribution >= 4 is 33.0 Å². The van der Waals surface area contributed by atoms with Crippen LogP contribution in [0.25, 0.3) is 0 Å². The number of hydrogen-bond acceptors (Lipinski definition) is 5. The fraction of sp³-hybridized carbons (Fsp3) is 0.444. The molecule has 4 rings (SSSR count). The van der Waals surface area contributed by atoms with E-state index in [1.807, 2.05) is 24.3 Å². The van der Waals surface area contributed by atoms with E-state index in [9.17, 15) is 13.2 Å². The Morgan fingerprint density at radius 2 is 1.93 bits per heavy atom. The van der Waals surface area contributed by atoms with Crippen molar-refractivity contribution in [3.05, 3.63) is 46.2 Å². The van der Waals surface area contributed by atoms with E-state index in [0.717, 1.165) is 11.4 Å². The molecule has 1 aromatic carbocycles. The molecule has 144 valence electrons. The van der Waals surface area contributed by atoms with Crippen LogP contribution in [0.15, 0.2) is 24.3 Å². The topological polar surface area (TPSA) is 75.5 Å². The van der Waals surface area contributed by atoms with Gasteiger partial charge in [0.15, 0.2) is 15.5 Å². The Labute approximate surface area is 163 Å². The maximum absolute atomic E-state index is 13.0. The van der Waals surface area contributed by atoms with Crippen LogP contribution in [0.5, 0.6) is 0 Å². The molecule has 7 nitrogen and oxygen atoms in total. The summed E-state index contributed by atoms with van der Waals surface area (Å²) in [6, 6.07) is 7.67. The summed E-state index contributed by atoms with van der Waals surface area (Å²) >= 11 is 6.07. The molecule has 1 fully saturated rings. The second-order valence-corrected chi connectivity index (χ2v) is 9.62. The molecule has 0 spiro atoms.